The van der Waals surface area contributed by atoms with Crippen molar-refractivity contribution in [2.45, 2.75) is 32.7 Å². The Bertz CT molecular complexity index is 634. The summed E-state index contributed by atoms with van der Waals surface area (Å²) in [6.07, 6.45) is 3.38. The largest absolute Gasteiger partial charge is 0.466 e. The third kappa shape index (κ3) is 4.62. The number of fused-ring (bicyclic) bond motifs is 1. The Morgan fingerprint density at radius 3 is 2.82 bits per heavy atom. The summed E-state index contributed by atoms with van der Waals surface area (Å²) in [7, 11) is 0. The van der Waals surface area contributed by atoms with Gasteiger partial charge in [-0.2, -0.15) is 0 Å². The van der Waals surface area contributed by atoms with Gasteiger partial charge in [0.2, 0.25) is 5.91 Å². The molecular formula is C17H22N2O3. The molecule has 0 aliphatic heterocycles. The van der Waals surface area contributed by atoms with Crippen molar-refractivity contribution in [3.05, 3.63) is 36.5 Å². The molecule has 0 atom stereocenters. The average molecular weight is 302 g/mol. The highest BCUT2D eigenvalue weighted by atomic mass is 16.5. The lowest BCUT2D eigenvalue weighted by Crippen LogP contribution is -2.25. The second-order valence-corrected chi connectivity index (χ2v) is 5.08. The second-order valence-electron chi connectivity index (χ2n) is 5.08. The Morgan fingerprint density at radius 2 is 2.00 bits per heavy atom. The third-order valence-corrected chi connectivity index (χ3v) is 3.45. The van der Waals surface area contributed by atoms with Crippen LogP contribution in [0.4, 0.5) is 0 Å². The summed E-state index contributed by atoms with van der Waals surface area (Å²) in [6, 6.07) is 10.2. The van der Waals surface area contributed by atoms with Gasteiger partial charge in [0.15, 0.2) is 0 Å². The zero-order valence-corrected chi connectivity index (χ0v) is 12.9. The molecule has 2 aromatic rings. The molecule has 5 heteroatoms. The highest BCUT2D eigenvalue weighted by molar-refractivity contribution is 5.80. The van der Waals surface area contributed by atoms with E-state index < -0.39 is 0 Å². The lowest BCUT2D eigenvalue weighted by molar-refractivity contribution is -0.143. The molecule has 2 rings (SSSR count). The van der Waals surface area contributed by atoms with Crippen LogP contribution < -0.4 is 5.32 Å². The predicted molar refractivity (Wildman–Crippen MR) is 85.4 cm³/mol. The van der Waals surface area contributed by atoms with E-state index in [1.54, 1.807) is 6.92 Å². The number of hydrogen-bond acceptors (Lipinski definition) is 3. The molecule has 0 spiro atoms. The number of aryl methyl sites for hydroxylation is 1. The van der Waals surface area contributed by atoms with E-state index in [1.807, 2.05) is 30.5 Å². The van der Waals surface area contributed by atoms with Gasteiger partial charge in [-0.05, 0) is 30.9 Å². The van der Waals surface area contributed by atoms with Gasteiger partial charge >= 0.3 is 5.97 Å². The molecule has 1 aromatic heterocycles. The van der Waals surface area contributed by atoms with E-state index in [-0.39, 0.29) is 11.9 Å². The summed E-state index contributed by atoms with van der Waals surface area (Å²) in [5.74, 6) is -0.211. The number of carbonyl (C=O) groups is 2. The summed E-state index contributed by atoms with van der Waals surface area (Å²) >= 11 is 0. The van der Waals surface area contributed by atoms with Gasteiger partial charge in [0.25, 0.3) is 0 Å². The van der Waals surface area contributed by atoms with Crippen LogP contribution in [0.3, 0.4) is 0 Å². The highest BCUT2D eigenvalue weighted by Gasteiger charge is 2.05. The number of hydrogen-bond donors (Lipinski definition) is 1. The van der Waals surface area contributed by atoms with Crippen molar-refractivity contribution in [2.24, 2.45) is 0 Å². The zero-order chi connectivity index (χ0) is 15.8. The smallest absolute Gasteiger partial charge is 0.305 e. The Hall–Kier alpha value is -2.30. The number of nitrogens with one attached hydrogen (secondary N) is 1. The van der Waals surface area contributed by atoms with Gasteiger partial charge in [0.1, 0.15) is 0 Å². The van der Waals surface area contributed by atoms with Crippen molar-refractivity contribution >= 4 is 22.8 Å². The minimum Gasteiger partial charge on any atom is -0.466 e. The first-order valence-corrected chi connectivity index (χ1v) is 7.67. The van der Waals surface area contributed by atoms with Crippen LogP contribution in [0.5, 0.6) is 0 Å². The fourth-order valence-corrected chi connectivity index (χ4v) is 2.34. The number of aromatic nitrogens is 1. The summed E-state index contributed by atoms with van der Waals surface area (Å²) in [5, 5.41) is 4.01. The number of ether oxygens (including phenoxy) is 1. The predicted octanol–water partition coefficient (Wildman–Crippen LogP) is 2.49. The van der Waals surface area contributed by atoms with Gasteiger partial charge in [-0.25, -0.2) is 0 Å². The molecule has 22 heavy (non-hydrogen) atoms. The zero-order valence-electron chi connectivity index (χ0n) is 12.9. The minimum absolute atomic E-state index is 0.00152. The molecule has 1 N–H and O–H groups in total. The van der Waals surface area contributed by atoms with Crippen LogP contribution in [-0.2, 0) is 20.9 Å². The SMILES string of the molecule is CCOC(=O)CCCNC(=O)CCn1ccc2ccccc21. The first-order chi connectivity index (χ1) is 10.7. The van der Waals surface area contributed by atoms with Gasteiger partial charge in [-0.15, -0.1) is 0 Å². The maximum Gasteiger partial charge on any atom is 0.305 e. The van der Waals surface area contributed by atoms with Crippen LogP contribution in [0.15, 0.2) is 36.5 Å². The molecule has 118 valence electrons. The summed E-state index contributed by atoms with van der Waals surface area (Å²) < 4.78 is 6.91. The van der Waals surface area contributed by atoms with Crippen molar-refractivity contribution < 1.29 is 14.3 Å². The van der Waals surface area contributed by atoms with Crippen molar-refractivity contribution in [2.75, 3.05) is 13.2 Å². The first kappa shape index (κ1) is 16.1. The molecule has 0 saturated heterocycles. The molecule has 5 nitrogen and oxygen atoms in total. The third-order valence-electron chi connectivity index (χ3n) is 3.45. The van der Waals surface area contributed by atoms with Crippen LogP contribution in [0.1, 0.15) is 26.2 Å². The van der Waals surface area contributed by atoms with E-state index in [9.17, 15) is 9.59 Å². The quantitative estimate of drug-likeness (QED) is 0.602. The first-order valence-electron chi connectivity index (χ1n) is 7.67. The second kappa shape index (κ2) is 8.22. The number of rotatable bonds is 8. The minimum atomic E-state index is -0.212. The van der Waals surface area contributed by atoms with Gasteiger partial charge in [-0.3, -0.25) is 9.59 Å². The Balaban J connectivity index is 1.69. The van der Waals surface area contributed by atoms with Crippen molar-refractivity contribution in [1.82, 2.24) is 9.88 Å². The molecule has 0 bridgehead atoms. The molecule has 0 aliphatic rings. The molecule has 0 saturated carbocycles. The Labute approximate surface area is 130 Å². The average Bonchev–Trinajstić information content (AvgIpc) is 2.93. The number of benzene rings is 1. The molecular weight excluding hydrogens is 280 g/mol. The van der Waals surface area contributed by atoms with E-state index in [2.05, 4.69) is 16.0 Å². The fourth-order valence-electron chi connectivity index (χ4n) is 2.34. The monoisotopic (exact) mass is 302 g/mol. The van der Waals surface area contributed by atoms with E-state index in [1.165, 1.54) is 5.39 Å². The van der Waals surface area contributed by atoms with Crippen LogP contribution in [0.2, 0.25) is 0 Å². The molecule has 0 fully saturated rings. The van der Waals surface area contributed by atoms with Gasteiger partial charge in [0, 0.05) is 37.6 Å². The molecule has 0 radical (unpaired) electrons. The summed E-state index contributed by atoms with van der Waals surface area (Å²) in [4.78, 5) is 23.0. The normalized spacial score (nSPS) is 10.6. The van der Waals surface area contributed by atoms with Crippen molar-refractivity contribution in [1.29, 1.82) is 0 Å². The number of esters is 1. The van der Waals surface area contributed by atoms with E-state index in [4.69, 9.17) is 4.74 Å². The number of para-hydroxylation sites is 1. The van der Waals surface area contributed by atoms with Crippen LogP contribution in [-0.4, -0.2) is 29.6 Å². The maximum absolute atomic E-state index is 11.8. The number of nitrogens with zero attached hydrogens (tertiary/aromatic N) is 1. The van der Waals surface area contributed by atoms with Crippen LogP contribution >= 0.6 is 0 Å². The van der Waals surface area contributed by atoms with E-state index in [0.717, 1.165) is 5.52 Å². The standard InChI is InChI=1S/C17H22N2O3/c1-2-22-17(21)8-5-11-18-16(20)10-13-19-12-9-14-6-3-4-7-15(14)19/h3-4,6-7,9,12H,2,5,8,10-11,13H2,1H3,(H,18,20). The van der Waals surface area contributed by atoms with Gasteiger partial charge < -0.3 is 14.6 Å². The van der Waals surface area contributed by atoms with Crippen molar-refractivity contribution in [3.8, 4) is 0 Å². The molecule has 0 aliphatic carbocycles. The van der Waals surface area contributed by atoms with Crippen LogP contribution in [0, 0.1) is 0 Å². The lowest BCUT2D eigenvalue weighted by atomic mass is 10.2. The Morgan fingerprint density at radius 1 is 1.18 bits per heavy atom. The molecule has 1 aromatic carbocycles. The summed E-state index contributed by atoms with van der Waals surface area (Å²) in [6.45, 7) is 3.34. The van der Waals surface area contributed by atoms with E-state index in [0.29, 0.717) is 39.0 Å². The maximum atomic E-state index is 11.8. The lowest BCUT2D eigenvalue weighted by Gasteiger charge is -2.07. The number of amides is 1. The van der Waals surface area contributed by atoms with Crippen molar-refractivity contribution in [3.63, 3.8) is 0 Å². The molecule has 1 heterocycles. The summed E-state index contributed by atoms with van der Waals surface area (Å²) in [5.41, 5.74) is 1.14. The van der Waals surface area contributed by atoms with Gasteiger partial charge in [-0.1, -0.05) is 18.2 Å². The molecule has 1 amide bonds. The number of carbonyl (C=O) groups excluding carboxylic acids is 2. The van der Waals surface area contributed by atoms with E-state index >= 15 is 0 Å². The fraction of sp³-hybridized carbons (Fsp3) is 0.412. The van der Waals surface area contributed by atoms with Crippen LogP contribution in [0.25, 0.3) is 10.9 Å². The highest BCUT2D eigenvalue weighted by Crippen LogP contribution is 2.15. The Kier molecular flexibility index (Phi) is 6.01. The molecule has 0 unspecified atom stereocenters. The van der Waals surface area contributed by atoms with Gasteiger partial charge in [0.05, 0.1) is 6.61 Å². The topological polar surface area (TPSA) is 60.3 Å².